The number of aromatic nitrogens is 1. The Morgan fingerprint density at radius 3 is 2.21 bits per heavy atom. The van der Waals surface area contributed by atoms with Crippen LogP contribution in [-0.4, -0.2) is 12.9 Å². The van der Waals surface area contributed by atoms with E-state index in [-0.39, 0.29) is 5.04 Å². The molecule has 0 amide bonds. The highest BCUT2D eigenvalue weighted by Gasteiger charge is 2.38. The number of benzene rings is 1. The molecule has 0 bridgehead atoms. The number of hydrogen-bond acceptors (Lipinski definition) is 3. The molecule has 5 heteroatoms. The maximum atomic E-state index is 9.12. The summed E-state index contributed by atoms with van der Waals surface area (Å²) in [6.45, 7) is 13.2. The van der Waals surface area contributed by atoms with E-state index in [1.165, 1.54) is 0 Å². The summed E-state index contributed by atoms with van der Waals surface area (Å²) in [6.07, 6.45) is 0. The second-order valence-corrected chi connectivity index (χ2v) is 12.4. The van der Waals surface area contributed by atoms with Crippen molar-refractivity contribution in [1.82, 2.24) is 4.57 Å². The first-order chi connectivity index (χ1) is 11.0. The number of nitrogens with zero attached hydrogens (tertiary/aromatic N) is 2. The highest BCUT2D eigenvalue weighted by Crippen LogP contribution is 2.37. The summed E-state index contributed by atoms with van der Waals surface area (Å²) in [5, 5.41) is 12.7. The molecule has 128 valence electrons. The fourth-order valence-electron chi connectivity index (χ4n) is 2.14. The molecule has 2 aromatic rings. The number of hydrogen-bond donors (Lipinski definition) is 1. The van der Waals surface area contributed by atoms with Crippen LogP contribution in [0, 0.1) is 18.3 Å². The van der Waals surface area contributed by atoms with Gasteiger partial charge in [0.1, 0.15) is 17.5 Å². The van der Waals surface area contributed by atoms with E-state index in [1.54, 1.807) is 0 Å². The summed E-state index contributed by atoms with van der Waals surface area (Å²) >= 11 is 0. The van der Waals surface area contributed by atoms with Crippen molar-refractivity contribution in [3.8, 4) is 11.8 Å². The second-order valence-electron chi connectivity index (χ2n) is 7.71. The van der Waals surface area contributed by atoms with Gasteiger partial charge in [-0.25, -0.2) is 0 Å². The first-order valence-electron chi connectivity index (χ1n) is 8.17. The number of rotatable bonds is 4. The topological polar surface area (TPSA) is 50.0 Å². The highest BCUT2D eigenvalue weighted by atomic mass is 28.4. The van der Waals surface area contributed by atoms with Crippen LogP contribution in [0.15, 0.2) is 30.3 Å². The SMILES string of the molecule is Cc1c(Nc2ccc(O[Si](C)(C)C(C)(C)C)cc2)cc(C#N)n1C. The zero-order valence-corrected chi connectivity index (χ0v) is 16.7. The van der Waals surface area contributed by atoms with Gasteiger partial charge in [-0.15, -0.1) is 0 Å². The van der Waals surface area contributed by atoms with Crippen molar-refractivity contribution in [1.29, 1.82) is 5.26 Å². The predicted molar refractivity (Wildman–Crippen MR) is 102 cm³/mol. The molecule has 1 heterocycles. The molecule has 0 saturated carbocycles. The normalized spacial score (nSPS) is 11.9. The summed E-state index contributed by atoms with van der Waals surface area (Å²) in [5.74, 6) is 0.912. The minimum absolute atomic E-state index is 0.179. The van der Waals surface area contributed by atoms with E-state index in [1.807, 2.05) is 48.9 Å². The zero-order valence-electron chi connectivity index (χ0n) is 15.7. The standard InChI is InChI=1S/C19H27N3OSi/c1-14-18(12-16(13-20)22(14)5)21-15-8-10-17(11-9-15)23-24(6,7)19(2,3)4/h8-12,21H,1-7H3. The largest absolute Gasteiger partial charge is 0.544 e. The Labute approximate surface area is 146 Å². The van der Waals surface area contributed by atoms with E-state index in [2.05, 4.69) is 45.3 Å². The molecule has 0 radical (unpaired) electrons. The third-order valence-electron chi connectivity index (χ3n) is 4.96. The van der Waals surface area contributed by atoms with E-state index in [9.17, 15) is 0 Å². The van der Waals surface area contributed by atoms with Crippen LogP contribution >= 0.6 is 0 Å². The number of nitriles is 1. The van der Waals surface area contributed by atoms with Gasteiger partial charge in [0.05, 0.1) is 5.69 Å². The first-order valence-corrected chi connectivity index (χ1v) is 11.1. The van der Waals surface area contributed by atoms with E-state index in [0.29, 0.717) is 5.69 Å². The maximum absolute atomic E-state index is 9.12. The summed E-state index contributed by atoms with van der Waals surface area (Å²) in [7, 11) is 0.0830. The van der Waals surface area contributed by atoms with Crippen molar-refractivity contribution in [3.63, 3.8) is 0 Å². The monoisotopic (exact) mass is 341 g/mol. The van der Waals surface area contributed by atoms with Gasteiger partial charge < -0.3 is 14.3 Å². The van der Waals surface area contributed by atoms with Gasteiger partial charge in [0, 0.05) is 18.4 Å². The molecule has 24 heavy (non-hydrogen) atoms. The van der Waals surface area contributed by atoms with Gasteiger partial charge >= 0.3 is 0 Å². The lowest BCUT2D eigenvalue weighted by Crippen LogP contribution is -2.43. The quantitative estimate of drug-likeness (QED) is 0.764. The van der Waals surface area contributed by atoms with Crippen LogP contribution in [0.3, 0.4) is 0 Å². The molecule has 0 spiro atoms. The van der Waals surface area contributed by atoms with Gasteiger partial charge in [-0.2, -0.15) is 5.26 Å². The van der Waals surface area contributed by atoms with Crippen LogP contribution in [0.25, 0.3) is 0 Å². The summed E-state index contributed by atoms with van der Waals surface area (Å²) < 4.78 is 8.19. The fourth-order valence-corrected chi connectivity index (χ4v) is 3.17. The van der Waals surface area contributed by atoms with E-state index >= 15 is 0 Å². The lowest BCUT2D eigenvalue weighted by Gasteiger charge is -2.36. The van der Waals surface area contributed by atoms with Crippen molar-refractivity contribution in [2.24, 2.45) is 7.05 Å². The Morgan fingerprint density at radius 2 is 1.75 bits per heavy atom. The van der Waals surface area contributed by atoms with Crippen LogP contribution in [0.5, 0.6) is 5.75 Å². The molecule has 0 saturated heterocycles. The van der Waals surface area contributed by atoms with Crippen molar-refractivity contribution < 1.29 is 4.43 Å². The average molecular weight is 342 g/mol. The Morgan fingerprint density at radius 1 is 1.17 bits per heavy atom. The fraction of sp³-hybridized carbons (Fsp3) is 0.421. The Hall–Kier alpha value is -2.19. The lowest BCUT2D eigenvalue weighted by atomic mass is 10.2. The van der Waals surface area contributed by atoms with Crippen LogP contribution in [-0.2, 0) is 7.05 Å². The molecule has 1 N–H and O–H groups in total. The predicted octanol–water partition coefficient (Wildman–Crippen LogP) is 5.33. The minimum Gasteiger partial charge on any atom is -0.544 e. The summed E-state index contributed by atoms with van der Waals surface area (Å²) in [6, 6.07) is 12.1. The Balaban J connectivity index is 2.15. The molecular formula is C19H27N3OSi. The van der Waals surface area contributed by atoms with Gasteiger partial charge in [-0.1, -0.05) is 20.8 Å². The molecule has 1 aromatic heterocycles. The molecule has 0 unspecified atom stereocenters. The van der Waals surface area contributed by atoms with Gasteiger partial charge in [0.2, 0.25) is 8.32 Å². The first kappa shape index (κ1) is 18.1. The van der Waals surface area contributed by atoms with E-state index in [4.69, 9.17) is 9.69 Å². The molecule has 4 nitrogen and oxygen atoms in total. The van der Waals surface area contributed by atoms with Crippen LogP contribution < -0.4 is 9.74 Å². The number of nitrogens with one attached hydrogen (secondary N) is 1. The van der Waals surface area contributed by atoms with E-state index < -0.39 is 8.32 Å². The maximum Gasteiger partial charge on any atom is 0.250 e. The number of anilines is 2. The van der Waals surface area contributed by atoms with Crippen LogP contribution in [0.4, 0.5) is 11.4 Å². The van der Waals surface area contributed by atoms with Crippen molar-refractivity contribution in [3.05, 3.63) is 41.7 Å². The smallest absolute Gasteiger partial charge is 0.250 e. The van der Waals surface area contributed by atoms with Crippen molar-refractivity contribution in [2.75, 3.05) is 5.32 Å². The molecule has 0 fully saturated rings. The molecule has 0 aliphatic rings. The lowest BCUT2D eigenvalue weighted by molar-refractivity contribution is 0.492. The zero-order chi connectivity index (χ0) is 18.1. The van der Waals surface area contributed by atoms with Gasteiger partial charge in [-0.05, 0) is 55.4 Å². The van der Waals surface area contributed by atoms with Crippen molar-refractivity contribution >= 4 is 19.7 Å². The van der Waals surface area contributed by atoms with Crippen LogP contribution in [0.1, 0.15) is 32.2 Å². The van der Waals surface area contributed by atoms with Crippen LogP contribution in [0.2, 0.25) is 18.1 Å². The highest BCUT2D eigenvalue weighted by molar-refractivity contribution is 6.74. The molecular weight excluding hydrogens is 314 g/mol. The van der Waals surface area contributed by atoms with Crippen molar-refractivity contribution in [2.45, 2.75) is 45.8 Å². The molecule has 0 aliphatic carbocycles. The molecule has 1 aromatic carbocycles. The second kappa shape index (κ2) is 6.37. The Kier molecular flexibility index (Phi) is 4.81. The summed E-state index contributed by atoms with van der Waals surface area (Å²) in [4.78, 5) is 0. The minimum atomic E-state index is -1.82. The van der Waals surface area contributed by atoms with Gasteiger partial charge in [0.25, 0.3) is 0 Å². The van der Waals surface area contributed by atoms with Gasteiger partial charge in [-0.3, -0.25) is 0 Å². The average Bonchev–Trinajstić information content (AvgIpc) is 2.75. The molecule has 2 rings (SSSR count). The Bertz CT molecular complexity index is 762. The van der Waals surface area contributed by atoms with E-state index in [0.717, 1.165) is 22.8 Å². The third kappa shape index (κ3) is 3.65. The summed E-state index contributed by atoms with van der Waals surface area (Å²) in [5.41, 5.74) is 3.61. The third-order valence-corrected chi connectivity index (χ3v) is 9.32. The molecule has 0 aliphatic heterocycles. The van der Waals surface area contributed by atoms with Gasteiger partial charge in [0.15, 0.2) is 0 Å². The molecule has 0 atom stereocenters.